The van der Waals surface area contributed by atoms with Crippen LogP contribution in [0, 0.1) is 0 Å². The van der Waals surface area contributed by atoms with E-state index < -0.39 is 0 Å². The van der Waals surface area contributed by atoms with Gasteiger partial charge in [0.15, 0.2) is 0 Å². The van der Waals surface area contributed by atoms with Crippen LogP contribution in [0.15, 0.2) is 5.16 Å². The summed E-state index contributed by atoms with van der Waals surface area (Å²) in [6.45, 7) is 1.83. The van der Waals surface area contributed by atoms with Gasteiger partial charge in [0.2, 0.25) is 5.91 Å². The summed E-state index contributed by atoms with van der Waals surface area (Å²) in [6, 6.07) is -0.0914. The molecule has 1 aliphatic heterocycles. The number of amides is 1. The fourth-order valence-electron chi connectivity index (χ4n) is 0.852. The van der Waals surface area contributed by atoms with E-state index in [9.17, 15) is 4.79 Å². The van der Waals surface area contributed by atoms with Gasteiger partial charge in [-0.15, -0.1) is 0 Å². The van der Waals surface area contributed by atoms with Crippen molar-refractivity contribution in [2.24, 2.45) is 5.16 Å². The van der Waals surface area contributed by atoms with Crippen molar-refractivity contribution in [2.75, 3.05) is 12.8 Å². The van der Waals surface area contributed by atoms with E-state index >= 15 is 0 Å². The molecule has 5 heteroatoms. The Labute approximate surface area is 69.2 Å². The largest absolute Gasteiger partial charge is 0.410 e. The smallest absolute Gasteiger partial charge is 0.233 e. The predicted molar refractivity (Wildman–Crippen MR) is 43.9 cm³/mol. The zero-order chi connectivity index (χ0) is 8.43. The Hall–Kier alpha value is -0.710. The summed E-state index contributed by atoms with van der Waals surface area (Å²) in [5.74, 6) is 0.454. The second-order valence-corrected chi connectivity index (χ2v) is 3.40. The minimum atomic E-state index is -0.0914. The van der Waals surface area contributed by atoms with Crippen LogP contribution in [-0.4, -0.2) is 39.9 Å². The second-order valence-electron chi connectivity index (χ2n) is 2.41. The molecule has 0 aromatic heterocycles. The van der Waals surface area contributed by atoms with Gasteiger partial charge in [-0.3, -0.25) is 4.79 Å². The van der Waals surface area contributed by atoms with Crippen LogP contribution in [0.25, 0.3) is 0 Å². The van der Waals surface area contributed by atoms with Gasteiger partial charge in [0, 0.05) is 7.05 Å². The molecule has 1 saturated heterocycles. The number of rotatable bonds is 0. The SMILES string of the molecule is CC1C(=NO)SCC(=O)N1C. The average molecular weight is 174 g/mol. The summed E-state index contributed by atoms with van der Waals surface area (Å²) >= 11 is 1.29. The van der Waals surface area contributed by atoms with Crippen LogP contribution in [0.3, 0.4) is 0 Å². The topological polar surface area (TPSA) is 52.9 Å². The van der Waals surface area contributed by atoms with Crippen molar-refractivity contribution in [1.82, 2.24) is 4.90 Å². The maximum Gasteiger partial charge on any atom is 0.233 e. The van der Waals surface area contributed by atoms with Gasteiger partial charge in [-0.05, 0) is 6.92 Å². The molecule has 0 radical (unpaired) electrons. The van der Waals surface area contributed by atoms with Crippen molar-refractivity contribution >= 4 is 22.7 Å². The first-order valence-electron chi connectivity index (χ1n) is 3.27. The first-order valence-corrected chi connectivity index (χ1v) is 4.25. The highest BCUT2D eigenvalue weighted by atomic mass is 32.2. The molecule has 0 aromatic carbocycles. The zero-order valence-corrected chi connectivity index (χ0v) is 7.26. The molecule has 0 spiro atoms. The lowest BCUT2D eigenvalue weighted by Gasteiger charge is -2.29. The maximum atomic E-state index is 11.0. The minimum Gasteiger partial charge on any atom is -0.410 e. The zero-order valence-electron chi connectivity index (χ0n) is 6.44. The lowest BCUT2D eigenvalue weighted by atomic mass is 10.3. The Kier molecular flexibility index (Phi) is 2.38. The highest BCUT2D eigenvalue weighted by Gasteiger charge is 2.27. The summed E-state index contributed by atoms with van der Waals surface area (Å²) in [6.07, 6.45) is 0. The lowest BCUT2D eigenvalue weighted by molar-refractivity contribution is -0.127. The van der Waals surface area contributed by atoms with Crippen molar-refractivity contribution in [3.63, 3.8) is 0 Å². The van der Waals surface area contributed by atoms with Gasteiger partial charge in [-0.1, -0.05) is 16.9 Å². The van der Waals surface area contributed by atoms with E-state index in [1.807, 2.05) is 6.92 Å². The quantitative estimate of drug-likeness (QED) is 0.426. The van der Waals surface area contributed by atoms with E-state index in [4.69, 9.17) is 5.21 Å². The van der Waals surface area contributed by atoms with E-state index in [2.05, 4.69) is 5.16 Å². The third-order valence-electron chi connectivity index (χ3n) is 1.77. The van der Waals surface area contributed by atoms with Crippen LogP contribution in [-0.2, 0) is 4.79 Å². The molecule has 0 saturated carbocycles. The normalized spacial score (nSPS) is 29.6. The standard InChI is InChI=1S/C6H10N2O2S/c1-4-6(7-10)11-3-5(9)8(4)2/h4,10H,3H2,1-2H3. The molecule has 1 atom stereocenters. The second kappa shape index (κ2) is 3.13. The molecule has 1 fully saturated rings. The van der Waals surface area contributed by atoms with E-state index in [1.54, 1.807) is 11.9 Å². The maximum absolute atomic E-state index is 11.0. The lowest BCUT2D eigenvalue weighted by Crippen LogP contribution is -2.44. The van der Waals surface area contributed by atoms with Crippen LogP contribution >= 0.6 is 11.8 Å². The summed E-state index contributed by atoms with van der Waals surface area (Å²) in [4.78, 5) is 12.6. The van der Waals surface area contributed by atoms with Gasteiger partial charge >= 0.3 is 0 Å². The van der Waals surface area contributed by atoms with Crippen LogP contribution in [0.5, 0.6) is 0 Å². The molecule has 1 heterocycles. The molecular weight excluding hydrogens is 164 g/mol. The highest BCUT2D eigenvalue weighted by Crippen LogP contribution is 2.18. The minimum absolute atomic E-state index is 0.0786. The Morgan fingerprint density at radius 2 is 2.45 bits per heavy atom. The van der Waals surface area contributed by atoms with Gasteiger partial charge in [0.25, 0.3) is 0 Å². The Balaban J connectivity index is 2.75. The van der Waals surface area contributed by atoms with E-state index in [0.717, 1.165) is 0 Å². The first-order chi connectivity index (χ1) is 5.16. The molecule has 1 amide bonds. The van der Waals surface area contributed by atoms with Gasteiger partial charge in [-0.25, -0.2) is 0 Å². The number of hydrogen-bond acceptors (Lipinski definition) is 4. The first kappa shape index (κ1) is 8.39. The fourth-order valence-corrected chi connectivity index (χ4v) is 1.78. The molecule has 1 rings (SSSR count). The van der Waals surface area contributed by atoms with Gasteiger partial charge in [-0.2, -0.15) is 0 Å². The summed E-state index contributed by atoms with van der Waals surface area (Å²) in [5, 5.41) is 12.2. The molecule has 1 N–H and O–H groups in total. The molecule has 11 heavy (non-hydrogen) atoms. The molecule has 0 bridgehead atoms. The van der Waals surface area contributed by atoms with Crippen LogP contribution in [0.1, 0.15) is 6.92 Å². The molecular formula is C6H10N2O2S. The number of nitrogens with zero attached hydrogens (tertiary/aromatic N) is 2. The monoisotopic (exact) mass is 174 g/mol. The number of oxime groups is 1. The molecule has 62 valence electrons. The van der Waals surface area contributed by atoms with Crippen molar-refractivity contribution in [1.29, 1.82) is 0 Å². The van der Waals surface area contributed by atoms with Gasteiger partial charge in [0.1, 0.15) is 5.04 Å². The van der Waals surface area contributed by atoms with Crippen molar-refractivity contribution in [3.05, 3.63) is 0 Å². The van der Waals surface area contributed by atoms with Gasteiger partial charge in [0.05, 0.1) is 11.8 Å². The third-order valence-corrected chi connectivity index (χ3v) is 2.88. The van der Waals surface area contributed by atoms with Crippen molar-refractivity contribution < 1.29 is 10.0 Å². The molecule has 4 nitrogen and oxygen atoms in total. The van der Waals surface area contributed by atoms with Gasteiger partial charge < -0.3 is 10.1 Å². The summed E-state index contributed by atoms with van der Waals surface area (Å²) < 4.78 is 0. The van der Waals surface area contributed by atoms with Crippen LogP contribution in [0.2, 0.25) is 0 Å². The Morgan fingerprint density at radius 1 is 1.82 bits per heavy atom. The summed E-state index contributed by atoms with van der Waals surface area (Å²) in [5.41, 5.74) is 0. The molecule has 1 unspecified atom stereocenters. The van der Waals surface area contributed by atoms with Crippen molar-refractivity contribution in [3.8, 4) is 0 Å². The summed E-state index contributed by atoms with van der Waals surface area (Å²) in [7, 11) is 1.71. The van der Waals surface area contributed by atoms with E-state index in [0.29, 0.717) is 10.8 Å². The molecule has 0 aromatic rings. The van der Waals surface area contributed by atoms with E-state index in [1.165, 1.54) is 11.8 Å². The number of hydrogen-bond donors (Lipinski definition) is 1. The fraction of sp³-hybridized carbons (Fsp3) is 0.667. The Morgan fingerprint density at radius 3 is 3.00 bits per heavy atom. The number of carbonyl (C=O) groups is 1. The predicted octanol–water partition coefficient (Wildman–Crippen LogP) is 0.368. The molecule has 1 aliphatic rings. The van der Waals surface area contributed by atoms with Crippen LogP contribution < -0.4 is 0 Å². The van der Waals surface area contributed by atoms with Crippen molar-refractivity contribution in [2.45, 2.75) is 13.0 Å². The molecule has 0 aliphatic carbocycles. The highest BCUT2D eigenvalue weighted by molar-refractivity contribution is 8.14. The number of thioether (sulfide) groups is 1. The van der Waals surface area contributed by atoms with E-state index in [-0.39, 0.29) is 11.9 Å². The number of carbonyl (C=O) groups excluding carboxylic acids is 1. The average Bonchev–Trinajstić information content (AvgIpc) is 2.01. The third kappa shape index (κ3) is 1.48. The Bertz CT molecular complexity index is 205. The van der Waals surface area contributed by atoms with Crippen LogP contribution in [0.4, 0.5) is 0 Å².